The highest BCUT2D eigenvalue weighted by Crippen LogP contribution is 2.31. The van der Waals surface area contributed by atoms with Crippen molar-refractivity contribution in [2.24, 2.45) is 0 Å². The molecule has 3 aromatic carbocycles. The number of carbonyl (C=O) groups is 2. The van der Waals surface area contributed by atoms with Crippen molar-refractivity contribution in [2.45, 2.75) is 43.8 Å². The minimum Gasteiger partial charge on any atom is -0.486 e. The second-order valence-corrected chi connectivity index (χ2v) is 9.66. The van der Waals surface area contributed by atoms with Gasteiger partial charge in [-0.05, 0) is 42.0 Å². The zero-order valence-corrected chi connectivity index (χ0v) is 20.4. The van der Waals surface area contributed by atoms with Gasteiger partial charge in [-0.25, -0.2) is 8.78 Å². The molecule has 0 aliphatic carbocycles. The average molecular weight is 524 g/mol. The summed E-state index contributed by atoms with van der Waals surface area (Å²) in [5.74, 6) is -1.31. The van der Waals surface area contributed by atoms with Crippen molar-refractivity contribution in [3.05, 3.63) is 95.1 Å². The van der Waals surface area contributed by atoms with Crippen LogP contribution in [0, 0.1) is 11.6 Å². The number of carbonyl (C=O) groups excluding carboxylic acids is 2. The molecule has 38 heavy (non-hydrogen) atoms. The summed E-state index contributed by atoms with van der Waals surface area (Å²) in [6.45, 7) is 0.450. The Kier molecular flexibility index (Phi) is 7.51. The van der Waals surface area contributed by atoms with E-state index in [1.54, 1.807) is 4.90 Å². The summed E-state index contributed by atoms with van der Waals surface area (Å²) < 4.78 is 38.8. The van der Waals surface area contributed by atoms with Gasteiger partial charge < -0.3 is 19.7 Å². The Morgan fingerprint density at radius 2 is 1.24 bits per heavy atom. The molecule has 0 amide bonds. The van der Waals surface area contributed by atoms with Crippen LogP contribution in [0.15, 0.2) is 66.7 Å². The van der Waals surface area contributed by atoms with Crippen LogP contribution >= 0.6 is 0 Å². The number of ketones is 2. The summed E-state index contributed by atoms with van der Waals surface area (Å²) in [6, 6.07) is 16.8. The lowest BCUT2D eigenvalue weighted by Crippen LogP contribution is -2.49. The van der Waals surface area contributed by atoms with Crippen molar-refractivity contribution in [1.82, 2.24) is 4.90 Å². The van der Waals surface area contributed by atoms with E-state index in [-0.39, 0.29) is 60.1 Å². The molecule has 0 unspecified atom stereocenters. The number of nitrogens with zero attached hydrogens (tertiary/aromatic N) is 1. The Morgan fingerprint density at radius 1 is 0.763 bits per heavy atom. The van der Waals surface area contributed by atoms with Gasteiger partial charge in [0.1, 0.15) is 47.5 Å². The molecule has 0 spiro atoms. The van der Waals surface area contributed by atoms with Gasteiger partial charge in [0.2, 0.25) is 0 Å². The molecule has 0 aromatic heterocycles. The summed E-state index contributed by atoms with van der Waals surface area (Å²) in [4.78, 5) is 27.0. The van der Waals surface area contributed by atoms with Crippen LogP contribution < -0.4 is 9.47 Å². The van der Waals surface area contributed by atoms with E-state index >= 15 is 0 Å². The van der Waals surface area contributed by atoms with E-state index in [2.05, 4.69) is 0 Å². The number of halogens is 2. The standard InChI is InChI=1S/C29H27F2NO6/c30-18-6-8-26-20(10-18)22(33)12-28(37-26)24(35)15-32(14-17-4-2-1-3-5-17)16-25(36)29-13-23(34)21-11-19(31)7-9-27(21)38-29/h1-11,24-25,28-29,35-36H,12-16H2/t24-,25-,28-,29+/m0/s1. The van der Waals surface area contributed by atoms with Crippen LogP contribution in [0.25, 0.3) is 0 Å². The van der Waals surface area contributed by atoms with Gasteiger partial charge in [-0.2, -0.15) is 0 Å². The van der Waals surface area contributed by atoms with Crippen LogP contribution in [0.5, 0.6) is 11.5 Å². The number of rotatable bonds is 8. The quantitative estimate of drug-likeness (QED) is 0.466. The second kappa shape index (κ2) is 11.0. The molecule has 2 aliphatic heterocycles. The number of Topliss-reactive ketones (excluding diaryl/α,β-unsaturated/α-hetero) is 2. The molecular formula is C29H27F2NO6. The zero-order valence-electron chi connectivity index (χ0n) is 20.4. The van der Waals surface area contributed by atoms with Gasteiger partial charge in [0.25, 0.3) is 0 Å². The zero-order chi connectivity index (χ0) is 26.8. The van der Waals surface area contributed by atoms with Crippen molar-refractivity contribution < 1.29 is 38.1 Å². The smallest absolute Gasteiger partial charge is 0.170 e. The Balaban J connectivity index is 1.30. The molecule has 0 bridgehead atoms. The number of ether oxygens (including phenoxy) is 2. The van der Waals surface area contributed by atoms with E-state index in [4.69, 9.17) is 9.47 Å². The number of benzene rings is 3. The summed E-state index contributed by atoms with van der Waals surface area (Å²) in [6.07, 6.45) is -4.16. The Hall–Kier alpha value is -3.66. The number of fused-ring (bicyclic) bond motifs is 2. The van der Waals surface area contributed by atoms with Gasteiger partial charge in [0.05, 0.1) is 24.0 Å². The molecule has 0 radical (unpaired) electrons. The third-order valence-corrected chi connectivity index (χ3v) is 6.81. The van der Waals surface area contributed by atoms with Gasteiger partial charge in [-0.15, -0.1) is 0 Å². The van der Waals surface area contributed by atoms with E-state index in [0.29, 0.717) is 6.54 Å². The Bertz CT molecular complexity index is 1250. The molecule has 198 valence electrons. The summed E-state index contributed by atoms with van der Waals surface area (Å²) in [7, 11) is 0. The lowest BCUT2D eigenvalue weighted by Gasteiger charge is -2.35. The molecule has 7 nitrogen and oxygen atoms in total. The van der Waals surface area contributed by atoms with Crippen LogP contribution in [-0.4, -0.2) is 64.2 Å². The molecule has 9 heteroatoms. The highest BCUT2D eigenvalue weighted by molar-refractivity contribution is 6.00. The van der Waals surface area contributed by atoms with Crippen LogP contribution in [0.3, 0.4) is 0 Å². The lowest BCUT2D eigenvalue weighted by atomic mass is 9.96. The first-order valence-corrected chi connectivity index (χ1v) is 12.4. The predicted octanol–water partition coefficient (Wildman–Crippen LogP) is 3.56. The second-order valence-electron chi connectivity index (χ2n) is 9.66. The van der Waals surface area contributed by atoms with Crippen molar-refractivity contribution in [2.75, 3.05) is 13.1 Å². The van der Waals surface area contributed by atoms with E-state index < -0.39 is 36.1 Å². The third-order valence-electron chi connectivity index (χ3n) is 6.81. The molecule has 4 atom stereocenters. The van der Waals surface area contributed by atoms with Gasteiger partial charge in [0.15, 0.2) is 11.6 Å². The van der Waals surface area contributed by atoms with Crippen molar-refractivity contribution >= 4 is 11.6 Å². The molecular weight excluding hydrogens is 496 g/mol. The van der Waals surface area contributed by atoms with Gasteiger partial charge in [-0.1, -0.05) is 30.3 Å². The Morgan fingerprint density at radius 3 is 1.71 bits per heavy atom. The molecule has 2 aliphatic rings. The van der Waals surface area contributed by atoms with Crippen molar-refractivity contribution in [3.8, 4) is 11.5 Å². The van der Waals surface area contributed by atoms with Crippen LogP contribution in [0.4, 0.5) is 8.78 Å². The summed E-state index contributed by atoms with van der Waals surface area (Å²) in [5, 5.41) is 22.1. The maximum Gasteiger partial charge on any atom is 0.170 e. The van der Waals surface area contributed by atoms with E-state index in [9.17, 15) is 28.6 Å². The van der Waals surface area contributed by atoms with Gasteiger partial charge in [0, 0.05) is 19.6 Å². The van der Waals surface area contributed by atoms with Gasteiger partial charge >= 0.3 is 0 Å². The maximum absolute atomic E-state index is 13.6. The first kappa shape index (κ1) is 26.0. The maximum atomic E-state index is 13.6. The third kappa shape index (κ3) is 5.75. The fourth-order valence-corrected chi connectivity index (χ4v) is 4.88. The summed E-state index contributed by atoms with van der Waals surface area (Å²) in [5.41, 5.74) is 1.21. The van der Waals surface area contributed by atoms with Crippen molar-refractivity contribution in [3.63, 3.8) is 0 Å². The molecule has 0 saturated heterocycles. The summed E-state index contributed by atoms with van der Waals surface area (Å²) >= 11 is 0. The topological polar surface area (TPSA) is 96.3 Å². The van der Waals surface area contributed by atoms with Crippen LogP contribution in [0.1, 0.15) is 39.1 Å². The van der Waals surface area contributed by atoms with Gasteiger partial charge in [-0.3, -0.25) is 14.5 Å². The van der Waals surface area contributed by atoms with Crippen LogP contribution in [-0.2, 0) is 6.54 Å². The molecule has 3 aromatic rings. The molecule has 0 fully saturated rings. The molecule has 2 N–H and O–H groups in total. The number of aliphatic hydroxyl groups excluding tert-OH is 2. The lowest BCUT2D eigenvalue weighted by molar-refractivity contribution is -0.0260. The largest absolute Gasteiger partial charge is 0.486 e. The fraction of sp³-hybridized carbons (Fsp3) is 0.310. The van der Waals surface area contributed by atoms with E-state index in [1.165, 1.54) is 24.3 Å². The first-order chi connectivity index (χ1) is 18.3. The van der Waals surface area contributed by atoms with E-state index in [1.807, 2.05) is 30.3 Å². The van der Waals surface area contributed by atoms with E-state index in [0.717, 1.165) is 17.7 Å². The first-order valence-electron chi connectivity index (χ1n) is 12.4. The minimum atomic E-state index is -1.11. The van der Waals surface area contributed by atoms with Crippen molar-refractivity contribution in [1.29, 1.82) is 0 Å². The van der Waals surface area contributed by atoms with Crippen LogP contribution in [0.2, 0.25) is 0 Å². The molecule has 2 heterocycles. The minimum absolute atomic E-state index is 0.0445. The highest BCUT2D eigenvalue weighted by Gasteiger charge is 2.35. The number of hydrogen-bond acceptors (Lipinski definition) is 7. The average Bonchev–Trinajstić information content (AvgIpc) is 2.89. The highest BCUT2D eigenvalue weighted by atomic mass is 19.1. The number of hydrogen-bond donors (Lipinski definition) is 2. The normalized spacial score (nSPS) is 20.2. The monoisotopic (exact) mass is 523 g/mol. The predicted molar refractivity (Wildman–Crippen MR) is 133 cm³/mol. The SMILES string of the molecule is O=C1C[C@@H]([C@@H](O)CN(Cc2ccccc2)C[C@H](O)[C@H]2CC(=O)c3cc(F)ccc3O2)Oc2ccc(F)cc21. The molecule has 5 rings (SSSR count). The Labute approximate surface area is 218 Å². The fourth-order valence-electron chi connectivity index (χ4n) is 4.88. The molecule has 0 saturated carbocycles. The number of aliphatic hydroxyl groups is 2.